The van der Waals surface area contributed by atoms with Crippen LogP contribution in [0.3, 0.4) is 0 Å². The van der Waals surface area contributed by atoms with E-state index >= 15 is 0 Å². The van der Waals surface area contributed by atoms with Gasteiger partial charge < -0.3 is 40.4 Å². The lowest BCUT2D eigenvalue weighted by Gasteiger charge is -2.25. The highest BCUT2D eigenvalue weighted by Gasteiger charge is 2.27. The van der Waals surface area contributed by atoms with Crippen molar-refractivity contribution in [2.45, 2.75) is 31.8 Å². The molecule has 0 spiro atoms. The van der Waals surface area contributed by atoms with Gasteiger partial charge in [0.15, 0.2) is 17.1 Å². The van der Waals surface area contributed by atoms with Gasteiger partial charge in [-0.05, 0) is 43.2 Å². The van der Waals surface area contributed by atoms with E-state index in [0.717, 1.165) is 5.56 Å². The molecule has 0 fully saturated rings. The Kier molecular flexibility index (Phi) is 12.0. The number of nitrogens with zero attached hydrogens (tertiary/aromatic N) is 4. The van der Waals surface area contributed by atoms with E-state index in [1.54, 1.807) is 12.1 Å². The van der Waals surface area contributed by atoms with Crippen molar-refractivity contribution in [1.82, 2.24) is 40.8 Å². The Morgan fingerprint density at radius 1 is 0.941 bits per heavy atom. The average Bonchev–Trinajstić information content (AvgIpc) is 3.61. The third-order valence-corrected chi connectivity index (χ3v) is 8.09. The number of carbonyl (C=O) groups is 5. The van der Waals surface area contributed by atoms with Crippen molar-refractivity contribution >= 4 is 35.2 Å². The Labute approximate surface area is 293 Å². The smallest absolute Gasteiger partial charge is 0.255 e. The van der Waals surface area contributed by atoms with Crippen molar-refractivity contribution in [3.63, 3.8) is 0 Å². The zero-order valence-corrected chi connectivity index (χ0v) is 28.5. The van der Waals surface area contributed by atoms with Crippen molar-refractivity contribution in [3.05, 3.63) is 83.8 Å². The molecule has 0 unspecified atom stereocenters. The lowest BCUT2D eigenvalue weighted by molar-refractivity contribution is -0.129. The molecule has 268 valence electrons. The second-order valence-corrected chi connectivity index (χ2v) is 11.7. The van der Waals surface area contributed by atoms with Gasteiger partial charge in [-0.15, -0.1) is 0 Å². The molecule has 2 aliphatic rings. The lowest BCUT2D eigenvalue weighted by atomic mass is 10.0. The van der Waals surface area contributed by atoms with Crippen molar-refractivity contribution in [2.24, 2.45) is 0 Å². The predicted molar refractivity (Wildman–Crippen MR) is 184 cm³/mol. The van der Waals surface area contributed by atoms with Crippen molar-refractivity contribution in [2.75, 3.05) is 47.0 Å². The zero-order valence-electron chi connectivity index (χ0n) is 28.5. The van der Waals surface area contributed by atoms with Crippen molar-refractivity contribution in [1.29, 1.82) is 0 Å². The fourth-order valence-electron chi connectivity index (χ4n) is 5.37. The van der Waals surface area contributed by atoms with E-state index in [1.807, 2.05) is 30.3 Å². The summed E-state index contributed by atoms with van der Waals surface area (Å²) in [7, 11) is 2.83. The van der Waals surface area contributed by atoms with E-state index in [2.05, 4.69) is 31.3 Å². The Hall–Kier alpha value is -6.19. The molecule has 4 aromatic rings. The average molecular weight is 701 g/mol. The fraction of sp³-hybridized carbons (Fsp3) is 0.343. The van der Waals surface area contributed by atoms with Crippen LogP contribution in [0.2, 0.25) is 0 Å². The van der Waals surface area contributed by atoms with Crippen molar-refractivity contribution < 1.29 is 38.2 Å². The van der Waals surface area contributed by atoms with Gasteiger partial charge in [0, 0.05) is 37.8 Å². The third kappa shape index (κ3) is 9.29. The normalized spacial score (nSPS) is 18.3. The van der Waals surface area contributed by atoms with Gasteiger partial charge in [-0.25, -0.2) is 9.50 Å². The minimum atomic E-state index is -1.04. The SMILES string of the molecule is COc1cc2cc(OC)c1OCCCNC(=O)CN(C(=O)c1ccc3ncnn3c1)CCNC(=O)[C@@H](Cc1ccccc1)NC(=O)[C@H](C)NC2=O. The highest BCUT2D eigenvalue weighted by Crippen LogP contribution is 2.38. The van der Waals surface area contributed by atoms with Crippen LogP contribution in [0, 0.1) is 0 Å². The molecule has 51 heavy (non-hydrogen) atoms. The number of amides is 5. The first-order valence-electron chi connectivity index (χ1n) is 16.3. The molecule has 0 radical (unpaired) electrons. The summed E-state index contributed by atoms with van der Waals surface area (Å²) in [6, 6.07) is 13.2. The summed E-state index contributed by atoms with van der Waals surface area (Å²) in [5.74, 6) is -1.88. The van der Waals surface area contributed by atoms with E-state index in [-0.39, 0.29) is 67.6 Å². The first-order chi connectivity index (χ1) is 24.7. The van der Waals surface area contributed by atoms with Gasteiger partial charge in [0.2, 0.25) is 23.5 Å². The molecule has 16 heteroatoms. The maximum atomic E-state index is 13.7. The predicted octanol–water partition coefficient (Wildman–Crippen LogP) is 0.750. The molecular formula is C35H40N8O8. The summed E-state index contributed by atoms with van der Waals surface area (Å²) in [6.07, 6.45) is 3.42. The molecule has 2 atom stereocenters. The van der Waals surface area contributed by atoms with Crippen LogP contribution in [0.4, 0.5) is 0 Å². The summed E-state index contributed by atoms with van der Waals surface area (Å²) < 4.78 is 18.3. The standard InChI is InChI=1S/C35H40N8O8/c1-22-32(45)41-26(16-23-8-5-4-6-9-23)34(47)37-13-14-42(35(48)24-10-11-29-38-21-39-43(29)19-24)20-30(44)36-12-7-15-51-31-27(49-2)17-25(33(46)40-22)18-28(31)50-3/h4-6,8-11,17-19,21-22,26H,7,12-16,20H2,1-3H3,(H,36,44)(H,37,47)(H,40,46)(H,41,45)/t22-,26+/m0/s1. The number of nitrogens with one attached hydrogen (secondary N) is 4. The fourth-order valence-corrected chi connectivity index (χ4v) is 5.37. The number of benzene rings is 2. The number of ether oxygens (including phenoxy) is 3. The van der Waals surface area contributed by atoms with E-state index in [1.165, 1.54) is 55.2 Å². The van der Waals surface area contributed by atoms with Gasteiger partial charge in [0.25, 0.3) is 11.8 Å². The van der Waals surface area contributed by atoms with Crippen LogP contribution in [-0.4, -0.2) is 108 Å². The van der Waals surface area contributed by atoms with Crippen LogP contribution in [0.25, 0.3) is 5.65 Å². The highest BCUT2D eigenvalue weighted by atomic mass is 16.5. The number of carbonyl (C=O) groups excluding carboxylic acids is 5. The molecular weight excluding hydrogens is 660 g/mol. The molecule has 0 saturated carbocycles. The Morgan fingerprint density at radius 2 is 1.69 bits per heavy atom. The topological polar surface area (TPSA) is 195 Å². The minimum Gasteiger partial charge on any atom is -0.493 e. The molecule has 2 aromatic carbocycles. The zero-order chi connectivity index (χ0) is 36.3. The second-order valence-electron chi connectivity index (χ2n) is 11.7. The molecule has 0 aliphatic carbocycles. The van der Waals surface area contributed by atoms with E-state index in [9.17, 15) is 24.0 Å². The van der Waals surface area contributed by atoms with Gasteiger partial charge in [-0.1, -0.05) is 30.3 Å². The molecule has 4 heterocycles. The molecule has 2 aliphatic heterocycles. The summed E-state index contributed by atoms with van der Waals surface area (Å²) in [6.45, 7) is 1.54. The lowest BCUT2D eigenvalue weighted by Crippen LogP contribution is -2.54. The molecule has 16 nitrogen and oxygen atoms in total. The van der Waals surface area contributed by atoms with Gasteiger partial charge in [0.1, 0.15) is 18.4 Å². The van der Waals surface area contributed by atoms with Crippen molar-refractivity contribution in [3.8, 4) is 17.2 Å². The maximum Gasteiger partial charge on any atom is 0.255 e. The van der Waals surface area contributed by atoms with Gasteiger partial charge in [0.05, 0.1) is 32.9 Å². The van der Waals surface area contributed by atoms with Crippen LogP contribution in [0.15, 0.2) is 67.1 Å². The van der Waals surface area contributed by atoms with E-state index in [0.29, 0.717) is 12.1 Å². The summed E-state index contributed by atoms with van der Waals surface area (Å²) >= 11 is 0. The van der Waals surface area contributed by atoms with Gasteiger partial charge in [-0.3, -0.25) is 24.0 Å². The number of aromatic nitrogens is 3. The highest BCUT2D eigenvalue weighted by molar-refractivity contribution is 5.99. The van der Waals surface area contributed by atoms with Crippen LogP contribution in [0.5, 0.6) is 17.2 Å². The number of rotatable bonds is 5. The van der Waals surface area contributed by atoms with E-state index in [4.69, 9.17) is 14.2 Å². The minimum absolute atomic E-state index is 0.0237. The Bertz CT molecular complexity index is 1860. The molecule has 6 rings (SSSR count). The van der Waals surface area contributed by atoms with Gasteiger partial charge >= 0.3 is 0 Å². The van der Waals surface area contributed by atoms with Crippen LogP contribution < -0.4 is 35.5 Å². The van der Waals surface area contributed by atoms with Gasteiger partial charge in [-0.2, -0.15) is 5.10 Å². The molecule has 2 bridgehead atoms. The summed E-state index contributed by atoms with van der Waals surface area (Å²) in [5, 5.41) is 15.1. The molecule has 2 aromatic heterocycles. The first-order valence-corrected chi connectivity index (χ1v) is 16.3. The van der Waals surface area contributed by atoms with Crippen LogP contribution in [0.1, 0.15) is 39.6 Å². The number of fused-ring (bicyclic) bond motifs is 20. The number of pyridine rings is 1. The summed E-state index contributed by atoms with van der Waals surface area (Å²) in [5.41, 5.74) is 1.75. The van der Waals surface area contributed by atoms with Crippen LogP contribution in [-0.2, 0) is 20.8 Å². The quantitative estimate of drug-likeness (QED) is 0.216. The molecule has 5 amide bonds. The monoisotopic (exact) mass is 700 g/mol. The van der Waals surface area contributed by atoms with Crippen LogP contribution >= 0.6 is 0 Å². The largest absolute Gasteiger partial charge is 0.493 e. The second kappa shape index (κ2) is 17.0. The first kappa shape index (κ1) is 36.1. The number of hydrogen-bond donors (Lipinski definition) is 4. The maximum absolute atomic E-state index is 13.7. The Morgan fingerprint density at radius 3 is 2.41 bits per heavy atom. The number of methoxy groups -OCH3 is 2. The number of hydrogen-bond acceptors (Lipinski definition) is 10. The summed E-state index contributed by atoms with van der Waals surface area (Å²) in [4.78, 5) is 72.4. The Balaban J connectivity index is 1.41. The third-order valence-electron chi connectivity index (χ3n) is 8.09. The molecule has 4 N–H and O–H groups in total. The molecule has 0 saturated heterocycles. The van der Waals surface area contributed by atoms with E-state index < -0.39 is 41.6 Å².